The first-order valence-electron chi connectivity index (χ1n) is 6.34. The number of esters is 1. The summed E-state index contributed by atoms with van der Waals surface area (Å²) in [6.45, 7) is 10.7. The third-order valence-electron chi connectivity index (χ3n) is 4.04. The normalized spacial score (nSPS) is 23.3. The van der Waals surface area contributed by atoms with Gasteiger partial charge in [-0.25, -0.2) is 0 Å². The minimum absolute atomic E-state index is 0.0721. The van der Waals surface area contributed by atoms with E-state index >= 15 is 0 Å². The zero-order valence-electron chi connectivity index (χ0n) is 11.2. The highest BCUT2D eigenvalue weighted by atomic mass is 16.5. The fraction of sp³-hybridized carbons (Fsp3) is 0.923. The van der Waals surface area contributed by atoms with Crippen molar-refractivity contribution in [1.82, 2.24) is 5.32 Å². The van der Waals surface area contributed by atoms with Gasteiger partial charge in [-0.2, -0.15) is 0 Å². The molecule has 0 heterocycles. The summed E-state index contributed by atoms with van der Waals surface area (Å²) in [7, 11) is 0. The predicted octanol–water partition coefficient (Wildman–Crippen LogP) is 2.50. The molecule has 2 atom stereocenters. The van der Waals surface area contributed by atoms with Crippen molar-refractivity contribution in [2.75, 3.05) is 6.61 Å². The number of hydrogen-bond donors (Lipinski definition) is 1. The van der Waals surface area contributed by atoms with Gasteiger partial charge in [0.05, 0.1) is 6.61 Å². The van der Waals surface area contributed by atoms with E-state index in [4.69, 9.17) is 4.74 Å². The summed E-state index contributed by atoms with van der Waals surface area (Å²) < 4.78 is 5.22. The fourth-order valence-electron chi connectivity index (χ4n) is 2.04. The first kappa shape index (κ1) is 13.5. The van der Waals surface area contributed by atoms with Crippen LogP contribution in [0.1, 0.15) is 53.9 Å². The molecular formula is C13H25NO2. The maximum atomic E-state index is 12.1. The molecule has 94 valence electrons. The first-order chi connectivity index (χ1) is 7.39. The maximum absolute atomic E-state index is 12.1. The zero-order valence-corrected chi connectivity index (χ0v) is 11.2. The minimum Gasteiger partial charge on any atom is -0.465 e. The predicted molar refractivity (Wildman–Crippen MR) is 65.3 cm³/mol. The van der Waals surface area contributed by atoms with E-state index in [-0.39, 0.29) is 11.4 Å². The summed E-state index contributed by atoms with van der Waals surface area (Å²) in [5.41, 5.74) is -0.457. The molecule has 1 saturated carbocycles. The lowest BCUT2D eigenvalue weighted by Crippen LogP contribution is -2.59. The topological polar surface area (TPSA) is 38.3 Å². The van der Waals surface area contributed by atoms with Gasteiger partial charge in [0.1, 0.15) is 5.54 Å². The van der Waals surface area contributed by atoms with E-state index in [0.29, 0.717) is 12.6 Å². The second-order valence-corrected chi connectivity index (χ2v) is 5.36. The van der Waals surface area contributed by atoms with Gasteiger partial charge in [-0.15, -0.1) is 0 Å². The van der Waals surface area contributed by atoms with E-state index in [0.717, 1.165) is 19.3 Å². The van der Waals surface area contributed by atoms with Crippen LogP contribution in [0.3, 0.4) is 0 Å². The van der Waals surface area contributed by atoms with E-state index in [1.807, 2.05) is 13.8 Å². The Kier molecular flexibility index (Phi) is 4.00. The molecule has 16 heavy (non-hydrogen) atoms. The number of hydrogen-bond acceptors (Lipinski definition) is 3. The Morgan fingerprint density at radius 1 is 1.50 bits per heavy atom. The molecule has 1 rings (SSSR count). The highest BCUT2D eigenvalue weighted by Gasteiger charge is 2.58. The Labute approximate surface area is 98.9 Å². The van der Waals surface area contributed by atoms with Crippen LogP contribution in [-0.4, -0.2) is 24.2 Å². The van der Waals surface area contributed by atoms with E-state index in [1.54, 1.807) is 0 Å². The van der Waals surface area contributed by atoms with Crippen molar-refractivity contribution in [1.29, 1.82) is 0 Å². The van der Waals surface area contributed by atoms with Gasteiger partial charge in [0, 0.05) is 6.04 Å². The van der Waals surface area contributed by atoms with Gasteiger partial charge >= 0.3 is 5.97 Å². The third-order valence-corrected chi connectivity index (χ3v) is 4.04. The monoisotopic (exact) mass is 227 g/mol. The second kappa shape index (κ2) is 4.74. The quantitative estimate of drug-likeness (QED) is 0.708. The van der Waals surface area contributed by atoms with E-state index in [9.17, 15) is 4.79 Å². The highest BCUT2D eigenvalue weighted by molar-refractivity contribution is 5.82. The van der Waals surface area contributed by atoms with Crippen molar-refractivity contribution in [3.8, 4) is 0 Å². The van der Waals surface area contributed by atoms with Gasteiger partial charge in [-0.1, -0.05) is 13.8 Å². The molecule has 0 saturated heterocycles. The molecule has 1 aliphatic carbocycles. The Bertz CT molecular complexity index is 261. The average molecular weight is 227 g/mol. The molecule has 3 heteroatoms. The highest BCUT2D eigenvalue weighted by Crippen LogP contribution is 2.54. The summed E-state index contributed by atoms with van der Waals surface area (Å²) >= 11 is 0. The van der Waals surface area contributed by atoms with Crippen molar-refractivity contribution >= 4 is 5.97 Å². The number of ether oxygens (including phenoxy) is 1. The summed E-state index contributed by atoms with van der Waals surface area (Å²) in [5.74, 6) is -0.102. The Morgan fingerprint density at radius 3 is 2.44 bits per heavy atom. The molecule has 1 aliphatic rings. The maximum Gasteiger partial charge on any atom is 0.326 e. The number of carbonyl (C=O) groups excluding carboxylic acids is 1. The molecule has 0 aromatic rings. The van der Waals surface area contributed by atoms with Crippen molar-refractivity contribution in [2.24, 2.45) is 5.41 Å². The molecule has 1 fully saturated rings. The first-order valence-corrected chi connectivity index (χ1v) is 6.34. The lowest BCUT2D eigenvalue weighted by atomic mass is 9.83. The van der Waals surface area contributed by atoms with Crippen LogP contribution in [0.2, 0.25) is 0 Å². The van der Waals surface area contributed by atoms with Crippen LogP contribution in [0, 0.1) is 5.41 Å². The number of carbonyl (C=O) groups is 1. The minimum atomic E-state index is -0.529. The summed E-state index contributed by atoms with van der Waals surface area (Å²) in [5, 5.41) is 3.46. The summed E-state index contributed by atoms with van der Waals surface area (Å²) in [6, 6.07) is 0.340. The van der Waals surface area contributed by atoms with Crippen LogP contribution in [0.25, 0.3) is 0 Å². The molecule has 0 amide bonds. The Hall–Kier alpha value is -0.570. The molecular weight excluding hydrogens is 202 g/mol. The average Bonchev–Trinajstić information content (AvgIpc) is 2.98. The molecule has 0 aromatic carbocycles. The fourth-order valence-corrected chi connectivity index (χ4v) is 2.04. The molecule has 0 radical (unpaired) electrons. The van der Waals surface area contributed by atoms with Gasteiger partial charge in [-0.3, -0.25) is 10.1 Å². The van der Waals surface area contributed by atoms with Crippen molar-refractivity contribution in [2.45, 2.75) is 65.5 Å². The van der Waals surface area contributed by atoms with Crippen molar-refractivity contribution in [3.63, 3.8) is 0 Å². The van der Waals surface area contributed by atoms with Crippen LogP contribution in [0.4, 0.5) is 0 Å². The molecule has 1 N–H and O–H groups in total. The second-order valence-electron chi connectivity index (χ2n) is 5.36. The third kappa shape index (κ3) is 2.40. The number of rotatable bonds is 6. The van der Waals surface area contributed by atoms with E-state index in [2.05, 4.69) is 26.1 Å². The van der Waals surface area contributed by atoms with Gasteiger partial charge < -0.3 is 4.74 Å². The van der Waals surface area contributed by atoms with Gasteiger partial charge in [-0.05, 0) is 45.4 Å². The molecule has 0 aliphatic heterocycles. The van der Waals surface area contributed by atoms with Crippen LogP contribution >= 0.6 is 0 Å². The van der Waals surface area contributed by atoms with Crippen LogP contribution in [0.5, 0.6) is 0 Å². The van der Waals surface area contributed by atoms with Crippen molar-refractivity contribution in [3.05, 3.63) is 0 Å². The summed E-state index contributed by atoms with van der Waals surface area (Å²) in [4.78, 5) is 12.1. The molecule has 0 aromatic heterocycles. The summed E-state index contributed by atoms with van der Waals surface area (Å²) in [6.07, 6.45) is 3.22. The molecule has 0 bridgehead atoms. The van der Waals surface area contributed by atoms with E-state index in [1.165, 1.54) is 0 Å². The molecule has 2 unspecified atom stereocenters. The Balaban J connectivity index is 2.80. The number of nitrogens with one attached hydrogen (secondary N) is 1. The van der Waals surface area contributed by atoms with Crippen LogP contribution in [0.15, 0.2) is 0 Å². The molecule has 0 spiro atoms. The SMILES string of the molecule is CCOC(=O)C(C)(NC(C)CC)C1(C)CC1. The van der Waals surface area contributed by atoms with Crippen molar-refractivity contribution < 1.29 is 9.53 Å². The van der Waals surface area contributed by atoms with Crippen LogP contribution in [-0.2, 0) is 9.53 Å². The van der Waals surface area contributed by atoms with Gasteiger partial charge in [0.15, 0.2) is 0 Å². The zero-order chi connectivity index (χ0) is 12.4. The largest absolute Gasteiger partial charge is 0.465 e. The molecule has 3 nitrogen and oxygen atoms in total. The van der Waals surface area contributed by atoms with Gasteiger partial charge in [0.25, 0.3) is 0 Å². The van der Waals surface area contributed by atoms with Gasteiger partial charge in [0.2, 0.25) is 0 Å². The smallest absolute Gasteiger partial charge is 0.326 e. The van der Waals surface area contributed by atoms with Crippen LogP contribution < -0.4 is 5.32 Å². The Morgan fingerprint density at radius 2 is 2.06 bits per heavy atom. The van der Waals surface area contributed by atoms with E-state index < -0.39 is 5.54 Å². The lowest BCUT2D eigenvalue weighted by molar-refractivity contribution is -0.154. The standard InChI is InChI=1S/C13H25NO2/c1-6-10(3)14-13(5,11(15)16-7-2)12(4)8-9-12/h10,14H,6-9H2,1-5H3. The lowest BCUT2D eigenvalue weighted by Gasteiger charge is -2.37.